The van der Waals surface area contributed by atoms with Gasteiger partial charge in [0.1, 0.15) is 31.5 Å². The Morgan fingerprint density at radius 2 is 1.15 bits per heavy atom. The second-order valence-corrected chi connectivity index (χ2v) is 7.56. The van der Waals surface area contributed by atoms with Crippen LogP contribution in [-0.2, 0) is 42.8 Å². The van der Waals surface area contributed by atoms with Gasteiger partial charge in [-0.3, -0.25) is 14.4 Å². The summed E-state index contributed by atoms with van der Waals surface area (Å²) in [5.74, 6) is -2.82. The summed E-state index contributed by atoms with van der Waals surface area (Å²) in [7, 11) is 0. The van der Waals surface area contributed by atoms with Crippen LogP contribution in [0, 0.1) is 17.8 Å². The van der Waals surface area contributed by atoms with Gasteiger partial charge in [-0.1, -0.05) is 0 Å². The lowest BCUT2D eigenvalue weighted by atomic mass is 9.75. The van der Waals surface area contributed by atoms with Crippen molar-refractivity contribution in [1.82, 2.24) is 0 Å². The molecule has 27 heavy (non-hydrogen) atoms. The second-order valence-electron chi connectivity index (χ2n) is 7.56. The first-order valence-corrected chi connectivity index (χ1v) is 9.43. The number of hydrogen-bond acceptors (Lipinski definition) is 9. The van der Waals surface area contributed by atoms with E-state index < -0.39 is 35.7 Å². The Morgan fingerprint density at radius 3 is 1.52 bits per heavy atom. The lowest BCUT2D eigenvalue weighted by Gasteiger charge is -2.33. The summed E-state index contributed by atoms with van der Waals surface area (Å²) in [6, 6.07) is 0. The van der Waals surface area contributed by atoms with Crippen LogP contribution in [0.25, 0.3) is 0 Å². The van der Waals surface area contributed by atoms with Gasteiger partial charge in [-0.15, -0.1) is 0 Å². The maximum Gasteiger partial charge on any atom is 0.309 e. The fourth-order valence-corrected chi connectivity index (χ4v) is 3.35. The van der Waals surface area contributed by atoms with Crippen molar-refractivity contribution >= 4 is 17.9 Å². The smallest absolute Gasteiger partial charge is 0.309 e. The molecule has 0 radical (unpaired) electrons. The lowest BCUT2D eigenvalue weighted by Crippen LogP contribution is -2.42. The average Bonchev–Trinajstić information content (AvgIpc) is 3.54. The van der Waals surface area contributed by atoms with E-state index in [1.807, 2.05) is 0 Å². The first-order chi connectivity index (χ1) is 13.1. The van der Waals surface area contributed by atoms with Crippen LogP contribution in [0.2, 0.25) is 0 Å². The maximum atomic E-state index is 12.5. The molecule has 3 saturated heterocycles. The topological polar surface area (TPSA) is 113 Å². The van der Waals surface area contributed by atoms with E-state index in [0.29, 0.717) is 45.7 Å². The summed E-state index contributed by atoms with van der Waals surface area (Å²) in [6.45, 7) is 2.37. The number of ether oxygens (including phenoxy) is 6. The van der Waals surface area contributed by atoms with Crippen LogP contribution < -0.4 is 0 Å². The molecule has 4 rings (SSSR count). The highest BCUT2D eigenvalue weighted by Crippen LogP contribution is 2.36. The number of carbonyl (C=O) groups is 3. The van der Waals surface area contributed by atoms with Crippen molar-refractivity contribution in [3.8, 4) is 0 Å². The van der Waals surface area contributed by atoms with E-state index in [1.54, 1.807) is 0 Å². The van der Waals surface area contributed by atoms with E-state index in [2.05, 4.69) is 0 Å². The van der Waals surface area contributed by atoms with Crippen LogP contribution in [0.3, 0.4) is 0 Å². The van der Waals surface area contributed by atoms with Gasteiger partial charge in [-0.25, -0.2) is 0 Å². The monoisotopic (exact) mass is 384 g/mol. The van der Waals surface area contributed by atoms with Crippen LogP contribution in [0.4, 0.5) is 0 Å². The highest BCUT2D eigenvalue weighted by atomic mass is 16.6. The molecular weight excluding hydrogens is 360 g/mol. The third-order valence-electron chi connectivity index (χ3n) is 5.23. The van der Waals surface area contributed by atoms with Gasteiger partial charge in [-0.2, -0.15) is 0 Å². The summed E-state index contributed by atoms with van der Waals surface area (Å²) >= 11 is 0. The number of esters is 3. The molecular formula is C18H24O9. The second kappa shape index (κ2) is 8.12. The number of rotatable bonds is 8. The largest absolute Gasteiger partial charge is 0.463 e. The third-order valence-corrected chi connectivity index (χ3v) is 5.23. The molecule has 4 atom stereocenters. The first-order valence-electron chi connectivity index (χ1n) is 9.43. The van der Waals surface area contributed by atoms with Gasteiger partial charge in [0.05, 0.1) is 44.2 Å². The van der Waals surface area contributed by atoms with Crippen LogP contribution in [0.5, 0.6) is 0 Å². The molecule has 1 saturated carbocycles. The summed E-state index contributed by atoms with van der Waals surface area (Å²) in [5, 5.41) is 0. The Hall–Kier alpha value is -1.71. The SMILES string of the molecule is O=C(OCC1CO1)C1CC(C(=O)OCC2CO2)CC(C(=O)OC2COC2)C1. The molecule has 0 aromatic carbocycles. The Morgan fingerprint density at radius 1 is 0.704 bits per heavy atom. The maximum absolute atomic E-state index is 12.5. The Kier molecular flexibility index (Phi) is 5.60. The number of epoxide rings is 2. The minimum absolute atomic E-state index is 0.0313. The molecule has 0 N–H and O–H groups in total. The average molecular weight is 384 g/mol. The van der Waals surface area contributed by atoms with E-state index in [4.69, 9.17) is 28.4 Å². The summed E-state index contributed by atoms with van der Waals surface area (Å²) in [5.41, 5.74) is 0. The Balaban J connectivity index is 1.35. The molecule has 0 aromatic heterocycles. The quantitative estimate of drug-likeness (QED) is 0.320. The molecule has 0 amide bonds. The van der Waals surface area contributed by atoms with Gasteiger partial charge in [-0.05, 0) is 19.3 Å². The number of hydrogen-bond donors (Lipinski definition) is 0. The van der Waals surface area contributed by atoms with Crippen molar-refractivity contribution < 1.29 is 42.8 Å². The predicted octanol–water partition coefficient (Wildman–Crippen LogP) is -0.155. The van der Waals surface area contributed by atoms with Crippen molar-refractivity contribution in [3.63, 3.8) is 0 Å². The lowest BCUT2D eigenvalue weighted by molar-refractivity contribution is -0.180. The van der Waals surface area contributed by atoms with Gasteiger partial charge in [0.15, 0.2) is 0 Å². The zero-order valence-electron chi connectivity index (χ0n) is 15.0. The fourth-order valence-electron chi connectivity index (χ4n) is 3.35. The van der Waals surface area contributed by atoms with Gasteiger partial charge in [0, 0.05) is 0 Å². The van der Waals surface area contributed by atoms with Gasteiger partial charge < -0.3 is 28.4 Å². The van der Waals surface area contributed by atoms with Crippen molar-refractivity contribution in [2.24, 2.45) is 17.8 Å². The molecule has 9 heteroatoms. The fraction of sp³-hybridized carbons (Fsp3) is 0.833. The highest BCUT2D eigenvalue weighted by Gasteiger charge is 2.42. The minimum Gasteiger partial charge on any atom is -0.463 e. The predicted molar refractivity (Wildman–Crippen MR) is 86.4 cm³/mol. The molecule has 9 nitrogen and oxygen atoms in total. The Labute approximate surface area is 156 Å². The summed E-state index contributed by atoms with van der Waals surface area (Å²) in [4.78, 5) is 37.3. The van der Waals surface area contributed by atoms with Crippen LogP contribution in [-0.4, -0.2) is 75.9 Å². The highest BCUT2D eigenvalue weighted by molar-refractivity contribution is 5.80. The van der Waals surface area contributed by atoms with Gasteiger partial charge in [0.2, 0.25) is 0 Å². The molecule has 0 spiro atoms. The van der Waals surface area contributed by atoms with E-state index in [9.17, 15) is 14.4 Å². The van der Waals surface area contributed by atoms with Crippen molar-refractivity contribution in [2.75, 3.05) is 39.6 Å². The molecule has 3 aliphatic heterocycles. The van der Waals surface area contributed by atoms with Crippen LogP contribution >= 0.6 is 0 Å². The van der Waals surface area contributed by atoms with Crippen molar-refractivity contribution in [2.45, 2.75) is 37.6 Å². The van der Waals surface area contributed by atoms with Crippen LogP contribution in [0.15, 0.2) is 0 Å². The molecule has 0 aromatic rings. The van der Waals surface area contributed by atoms with Crippen molar-refractivity contribution in [3.05, 3.63) is 0 Å². The molecule has 150 valence electrons. The van der Waals surface area contributed by atoms with E-state index >= 15 is 0 Å². The molecule has 4 unspecified atom stereocenters. The molecule has 0 bridgehead atoms. The first kappa shape index (κ1) is 18.6. The van der Waals surface area contributed by atoms with E-state index in [0.717, 1.165) is 0 Å². The zero-order chi connectivity index (χ0) is 18.8. The molecule has 3 heterocycles. The van der Waals surface area contributed by atoms with Gasteiger partial charge >= 0.3 is 17.9 Å². The standard InChI is InChI=1S/C18H24O9/c19-16(25-8-13-6-23-13)10-1-11(17(20)26-9-14-7-24-14)3-12(2-10)18(21)27-15-4-22-5-15/h10-15H,1-9H2. The zero-order valence-corrected chi connectivity index (χ0v) is 15.0. The van der Waals surface area contributed by atoms with Gasteiger partial charge in [0.25, 0.3) is 0 Å². The normalized spacial score (nSPS) is 34.9. The summed E-state index contributed by atoms with van der Waals surface area (Å²) < 4.78 is 31.0. The minimum atomic E-state index is -0.539. The third kappa shape index (κ3) is 5.18. The molecule has 4 fully saturated rings. The van der Waals surface area contributed by atoms with E-state index in [1.165, 1.54) is 0 Å². The number of carbonyl (C=O) groups excluding carboxylic acids is 3. The van der Waals surface area contributed by atoms with E-state index in [-0.39, 0.29) is 31.5 Å². The Bertz CT molecular complexity index is 543. The van der Waals surface area contributed by atoms with Crippen LogP contribution in [0.1, 0.15) is 19.3 Å². The summed E-state index contributed by atoms with van der Waals surface area (Å²) in [6.07, 6.45) is 0.630. The molecule has 4 aliphatic rings. The van der Waals surface area contributed by atoms with Crippen molar-refractivity contribution in [1.29, 1.82) is 0 Å². The molecule has 1 aliphatic carbocycles.